The van der Waals surface area contributed by atoms with E-state index in [0.29, 0.717) is 5.56 Å². The van der Waals surface area contributed by atoms with E-state index in [4.69, 9.17) is 4.98 Å². The van der Waals surface area contributed by atoms with E-state index in [-0.39, 0.29) is 0 Å². The highest BCUT2D eigenvalue weighted by Gasteiger charge is 2.23. The molecule has 194 valence electrons. The minimum absolute atomic E-state index is 0.669. The quantitative estimate of drug-likeness (QED) is 0.289. The van der Waals surface area contributed by atoms with Crippen molar-refractivity contribution >= 4 is 16.9 Å². The van der Waals surface area contributed by atoms with Gasteiger partial charge in [0.1, 0.15) is 5.65 Å². The van der Waals surface area contributed by atoms with Gasteiger partial charge in [-0.1, -0.05) is 66.8 Å². The van der Waals surface area contributed by atoms with Gasteiger partial charge < -0.3 is 9.30 Å². The van der Waals surface area contributed by atoms with Crippen LogP contribution >= 0.6 is 0 Å². The molecule has 1 saturated heterocycles. The number of nitriles is 1. The van der Waals surface area contributed by atoms with Crippen LogP contribution in [0.5, 0.6) is 0 Å². The largest absolute Gasteiger partial charge is 0.369 e. The summed E-state index contributed by atoms with van der Waals surface area (Å²) >= 11 is 0. The van der Waals surface area contributed by atoms with Gasteiger partial charge >= 0.3 is 0 Å². The molecule has 0 radical (unpaired) electrons. The fraction of sp³-hybridized carbons (Fsp3) is 0.235. The Morgan fingerprint density at radius 2 is 1.77 bits per heavy atom. The second-order valence-corrected chi connectivity index (χ2v) is 10.5. The average Bonchev–Trinajstić information content (AvgIpc) is 3.35. The second-order valence-electron chi connectivity index (χ2n) is 10.5. The lowest BCUT2D eigenvalue weighted by atomic mass is 10.0. The van der Waals surface area contributed by atoms with E-state index >= 15 is 0 Å². The Kier molecular flexibility index (Phi) is 6.87. The number of benzene rings is 2. The smallest absolute Gasteiger partial charge is 0.137 e. The maximum absolute atomic E-state index is 9.28. The molecule has 5 nitrogen and oxygen atoms in total. The molecular formula is C34H33N5. The molecule has 2 aliphatic rings. The van der Waals surface area contributed by atoms with E-state index in [9.17, 15) is 5.26 Å². The molecular weight excluding hydrogens is 478 g/mol. The second kappa shape index (κ2) is 10.8. The van der Waals surface area contributed by atoms with Crippen LogP contribution in [0.3, 0.4) is 0 Å². The first kappa shape index (κ1) is 24.9. The lowest BCUT2D eigenvalue weighted by Crippen LogP contribution is -2.45. The van der Waals surface area contributed by atoms with Crippen LogP contribution in [0.15, 0.2) is 91.7 Å². The predicted molar refractivity (Wildman–Crippen MR) is 159 cm³/mol. The third kappa shape index (κ3) is 5.16. The van der Waals surface area contributed by atoms with Crippen molar-refractivity contribution in [3.05, 3.63) is 120 Å². The van der Waals surface area contributed by atoms with Crippen molar-refractivity contribution in [3.63, 3.8) is 0 Å². The summed E-state index contributed by atoms with van der Waals surface area (Å²) in [6.07, 6.45) is 11.3. The van der Waals surface area contributed by atoms with E-state index in [1.165, 1.54) is 22.4 Å². The number of nitrogens with zero attached hydrogens (tertiary/aromatic N) is 5. The summed E-state index contributed by atoms with van der Waals surface area (Å²) in [5.41, 5.74) is 10.9. The van der Waals surface area contributed by atoms with Crippen molar-refractivity contribution < 1.29 is 0 Å². The third-order valence-corrected chi connectivity index (χ3v) is 7.82. The number of rotatable bonds is 6. The van der Waals surface area contributed by atoms with Gasteiger partial charge in [0, 0.05) is 50.2 Å². The van der Waals surface area contributed by atoms with Crippen molar-refractivity contribution in [2.45, 2.75) is 26.3 Å². The van der Waals surface area contributed by atoms with Crippen LogP contribution in [-0.4, -0.2) is 45.4 Å². The molecule has 0 unspecified atom stereocenters. The van der Waals surface area contributed by atoms with Gasteiger partial charge in [0.2, 0.25) is 0 Å². The van der Waals surface area contributed by atoms with Crippen molar-refractivity contribution in [2.75, 3.05) is 26.2 Å². The normalized spacial score (nSPS) is 15.8. The zero-order valence-corrected chi connectivity index (χ0v) is 22.5. The Morgan fingerprint density at radius 3 is 2.51 bits per heavy atom. The molecule has 3 heterocycles. The number of fused-ring (bicyclic) bond motifs is 1. The zero-order chi connectivity index (χ0) is 26.8. The molecule has 0 bridgehead atoms. The number of aryl methyl sites for hydroxylation is 1. The van der Waals surface area contributed by atoms with Gasteiger partial charge in [0.15, 0.2) is 0 Å². The van der Waals surface area contributed by atoms with Crippen LogP contribution in [0.1, 0.15) is 40.8 Å². The van der Waals surface area contributed by atoms with E-state index in [0.717, 1.165) is 73.7 Å². The predicted octanol–water partition coefficient (Wildman–Crippen LogP) is 6.70. The molecule has 1 fully saturated rings. The van der Waals surface area contributed by atoms with E-state index < -0.39 is 0 Å². The third-order valence-electron chi connectivity index (χ3n) is 7.82. The Bertz CT molecular complexity index is 1620. The lowest BCUT2D eigenvalue weighted by molar-refractivity contribution is 0.167. The summed E-state index contributed by atoms with van der Waals surface area (Å²) in [6, 6.07) is 23.0. The summed E-state index contributed by atoms with van der Waals surface area (Å²) in [6.45, 7) is 11.0. The van der Waals surface area contributed by atoms with Crippen LogP contribution in [0.4, 0.5) is 0 Å². The minimum Gasteiger partial charge on any atom is -0.369 e. The molecule has 2 aromatic heterocycles. The van der Waals surface area contributed by atoms with Crippen LogP contribution < -0.4 is 0 Å². The number of pyridine rings is 1. The number of aromatic nitrogens is 2. The maximum atomic E-state index is 9.28. The topological polar surface area (TPSA) is 47.6 Å². The SMILES string of the molecule is C=C(c1cccc(C#N)c1)N1CCN(Cc2c(-c3ccc(C)cc3)nc3ccc(C4=CCCC=C4)cn23)CC1. The van der Waals surface area contributed by atoms with Crippen molar-refractivity contribution in [3.8, 4) is 17.3 Å². The Hall–Kier alpha value is -4.40. The van der Waals surface area contributed by atoms with Gasteiger partial charge in [-0.05, 0) is 60.7 Å². The number of hydrogen-bond donors (Lipinski definition) is 0. The molecule has 2 aromatic carbocycles. The van der Waals surface area contributed by atoms with Gasteiger partial charge in [-0.3, -0.25) is 4.90 Å². The molecule has 6 rings (SSSR count). The molecule has 0 amide bonds. The van der Waals surface area contributed by atoms with E-state index in [1.807, 2.05) is 24.3 Å². The number of imidazole rings is 1. The molecule has 0 atom stereocenters. The number of hydrogen-bond acceptors (Lipinski definition) is 4. The molecule has 0 N–H and O–H groups in total. The highest BCUT2D eigenvalue weighted by molar-refractivity contribution is 5.76. The highest BCUT2D eigenvalue weighted by Crippen LogP contribution is 2.29. The van der Waals surface area contributed by atoms with E-state index in [2.05, 4.69) is 94.6 Å². The lowest BCUT2D eigenvalue weighted by Gasteiger charge is -2.37. The average molecular weight is 512 g/mol. The van der Waals surface area contributed by atoms with Gasteiger partial charge in [0.25, 0.3) is 0 Å². The van der Waals surface area contributed by atoms with Gasteiger partial charge in [-0.25, -0.2) is 4.98 Å². The molecule has 39 heavy (non-hydrogen) atoms. The number of allylic oxidation sites excluding steroid dienone is 4. The summed E-state index contributed by atoms with van der Waals surface area (Å²) in [5.74, 6) is 0. The fourth-order valence-corrected chi connectivity index (χ4v) is 5.52. The van der Waals surface area contributed by atoms with Crippen LogP contribution in [-0.2, 0) is 6.54 Å². The van der Waals surface area contributed by atoms with Crippen LogP contribution in [0, 0.1) is 18.3 Å². The first-order valence-electron chi connectivity index (χ1n) is 13.7. The van der Waals surface area contributed by atoms with Crippen molar-refractivity contribution in [1.82, 2.24) is 19.2 Å². The van der Waals surface area contributed by atoms with Gasteiger partial charge in [-0.15, -0.1) is 0 Å². The van der Waals surface area contributed by atoms with Crippen molar-refractivity contribution in [1.29, 1.82) is 5.26 Å². The first-order valence-corrected chi connectivity index (χ1v) is 13.7. The molecule has 1 aliphatic heterocycles. The summed E-state index contributed by atoms with van der Waals surface area (Å²) in [4.78, 5) is 9.96. The fourth-order valence-electron chi connectivity index (χ4n) is 5.52. The Morgan fingerprint density at radius 1 is 0.974 bits per heavy atom. The first-order chi connectivity index (χ1) is 19.1. The standard InChI is InChI=1S/C34H33N5/c1-25-11-13-29(14-12-25)34-32(39-23-31(15-16-33(39)36-34)28-8-4-3-5-9-28)24-37-17-19-38(20-18-37)26(2)30-10-6-7-27(21-30)22-35/h4,6-16,21,23H,2-3,5,17-20,24H2,1H3. The molecule has 0 spiro atoms. The van der Waals surface area contributed by atoms with E-state index in [1.54, 1.807) is 0 Å². The molecule has 1 aliphatic carbocycles. The highest BCUT2D eigenvalue weighted by atomic mass is 15.3. The van der Waals surface area contributed by atoms with Crippen LogP contribution in [0.25, 0.3) is 28.2 Å². The molecule has 0 saturated carbocycles. The summed E-state index contributed by atoms with van der Waals surface area (Å²) < 4.78 is 2.30. The zero-order valence-electron chi connectivity index (χ0n) is 22.5. The van der Waals surface area contributed by atoms with Gasteiger partial charge in [0.05, 0.1) is 23.0 Å². The van der Waals surface area contributed by atoms with Crippen LogP contribution in [0.2, 0.25) is 0 Å². The maximum Gasteiger partial charge on any atom is 0.137 e. The molecule has 4 aromatic rings. The Labute approximate surface area is 230 Å². The van der Waals surface area contributed by atoms with Gasteiger partial charge in [-0.2, -0.15) is 5.26 Å². The summed E-state index contributed by atoms with van der Waals surface area (Å²) in [5, 5.41) is 9.28. The molecule has 5 heteroatoms. The minimum atomic E-state index is 0.669. The Balaban J connectivity index is 1.27. The van der Waals surface area contributed by atoms with Crippen molar-refractivity contribution in [2.24, 2.45) is 0 Å². The monoisotopic (exact) mass is 511 g/mol. The summed E-state index contributed by atoms with van der Waals surface area (Å²) in [7, 11) is 0. The number of piperazine rings is 1.